The van der Waals surface area contributed by atoms with Gasteiger partial charge in [-0.25, -0.2) is 0 Å². The summed E-state index contributed by atoms with van der Waals surface area (Å²) < 4.78 is 0.955. The van der Waals surface area contributed by atoms with Crippen molar-refractivity contribution >= 4 is 22.9 Å². The quantitative estimate of drug-likeness (QED) is 0.791. The molecule has 0 radical (unpaired) electrons. The van der Waals surface area contributed by atoms with Crippen molar-refractivity contribution in [1.82, 2.24) is 5.32 Å². The second-order valence-electron chi connectivity index (χ2n) is 5.48. The Morgan fingerprint density at radius 1 is 1.22 bits per heavy atom. The van der Waals surface area contributed by atoms with Crippen LogP contribution in [0.3, 0.4) is 0 Å². The molecule has 1 saturated carbocycles. The largest absolute Gasteiger partial charge is 0.312 e. The Labute approximate surface area is 120 Å². The van der Waals surface area contributed by atoms with E-state index in [4.69, 9.17) is 11.6 Å². The molecule has 1 atom stereocenters. The average molecular weight is 286 g/mol. The van der Waals surface area contributed by atoms with Gasteiger partial charge < -0.3 is 5.32 Å². The van der Waals surface area contributed by atoms with Gasteiger partial charge in [0.2, 0.25) is 0 Å². The van der Waals surface area contributed by atoms with E-state index in [1.54, 1.807) is 11.3 Å². The molecule has 1 aromatic heterocycles. The Hall–Kier alpha value is -0.0500. The van der Waals surface area contributed by atoms with Gasteiger partial charge in [0.15, 0.2) is 0 Å². The van der Waals surface area contributed by atoms with Crippen LogP contribution in [-0.4, -0.2) is 7.05 Å². The van der Waals surface area contributed by atoms with Crippen LogP contribution in [0.2, 0.25) is 4.34 Å². The summed E-state index contributed by atoms with van der Waals surface area (Å²) in [5.74, 6) is 0.782. The van der Waals surface area contributed by atoms with Crippen molar-refractivity contribution in [3.05, 3.63) is 20.8 Å². The number of aryl methyl sites for hydroxylation is 1. The van der Waals surface area contributed by atoms with Crippen molar-refractivity contribution in [3.63, 3.8) is 0 Å². The molecule has 0 bridgehead atoms. The van der Waals surface area contributed by atoms with Gasteiger partial charge >= 0.3 is 0 Å². The van der Waals surface area contributed by atoms with E-state index in [0.717, 1.165) is 10.3 Å². The zero-order chi connectivity index (χ0) is 13.0. The third-order valence-corrected chi connectivity index (χ3v) is 5.75. The summed E-state index contributed by atoms with van der Waals surface area (Å²) in [6, 6.07) is 2.77. The van der Waals surface area contributed by atoms with E-state index < -0.39 is 0 Å². The van der Waals surface area contributed by atoms with Crippen LogP contribution >= 0.6 is 22.9 Å². The summed E-state index contributed by atoms with van der Waals surface area (Å²) in [4.78, 5) is 1.42. The van der Waals surface area contributed by atoms with Crippen molar-refractivity contribution in [1.29, 1.82) is 0 Å². The fourth-order valence-corrected chi connectivity index (χ4v) is 4.49. The Balaban J connectivity index is 2.10. The minimum absolute atomic E-state index is 0.499. The maximum atomic E-state index is 6.22. The molecule has 102 valence electrons. The fourth-order valence-electron chi connectivity index (χ4n) is 3.07. The topological polar surface area (TPSA) is 12.0 Å². The Morgan fingerprint density at radius 2 is 1.83 bits per heavy atom. The summed E-state index contributed by atoms with van der Waals surface area (Å²) >= 11 is 7.97. The number of hydrogen-bond donors (Lipinski definition) is 1. The van der Waals surface area contributed by atoms with Crippen LogP contribution in [-0.2, 0) is 0 Å². The summed E-state index contributed by atoms with van der Waals surface area (Å²) in [5.41, 5.74) is 1.22. The van der Waals surface area contributed by atoms with Gasteiger partial charge in [-0.1, -0.05) is 43.7 Å². The first-order valence-corrected chi connectivity index (χ1v) is 8.35. The van der Waals surface area contributed by atoms with Crippen molar-refractivity contribution in [3.8, 4) is 0 Å². The molecule has 1 aromatic rings. The van der Waals surface area contributed by atoms with Gasteiger partial charge in [0.25, 0.3) is 0 Å². The first kappa shape index (κ1) is 14.4. The van der Waals surface area contributed by atoms with E-state index in [2.05, 4.69) is 25.4 Å². The highest BCUT2D eigenvalue weighted by Crippen LogP contribution is 2.38. The van der Waals surface area contributed by atoms with Crippen LogP contribution in [0.25, 0.3) is 0 Å². The lowest BCUT2D eigenvalue weighted by Gasteiger charge is -2.27. The maximum absolute atomic E-state index is 6.22. The highest BCUT2D eigenvalue weighted by Gasteiger charge is 2.24. The molecule has 0 saturated heterocycles. The van der Waals surface area contributed by atoms with Crippen LogP contribution in [0.15, 0.2) is 6.07 Å². The number of nitrogens with one attached hydrogen (secondary N) is 1. The molecule has 1 N–H and O–H groups in total. The summed E-state index contributed by atoms with van der Waals surface area (Å²) in [5, 5.41) is 3.53. The first-order chi connectivity index (χ1) is 8.72. The van der Waals surface area contributed by atoms with Crippen LogP contribution in [0, 0.1) is 12.8 Å². The third kappa shape index (κ3) is 3.49. The average Bonchev–Trinajstić information content (AvgIpc) is 2.62. The minimum atomic E-state index is 0.499. The first-order valence-electron chi connectivity index (χ1n) is 7.15. The van der Waals surface area contributed by atoms with E-state index >= 15 is 0 Å². The van der Waals surface area contributed by atoms with Crippen molar-refractivity contribution in [2.45, 2.75) is 57.9 Å². The summed E-state index contributed by atoms with van der Waals surface area (Å²) in [7, 11) is 2.09. The lowest BCUT2D eigenvalue weighted by molar-refractivity contribution is 0.302. The highest BCUT2D eigenvalue weighted by molar-refractivity contribution is 7.16. The second kappa shape index (κ2) is 6.93. The molecule has 1 aliphatic rings. The Morgan fingerprint density at radius 3 is 2.33 bits per heavy atom. The Bertz CT molecular complexity index is 347. The van der Waals surface area contributed by atoms with E-state index in [9.17, 15) is 0 Å². The predicted octanol–water partition coefficient (Wildman–Crippen LogP) is 5.33. The molecular formula is C15H24ClNS. The Kier molecular flexibility index (Phi) is 5.53. The normalized spacial score (nSPS) is 20.4. The number of hydrogen-bond acceptors (Lipinski definition) is 2. The SMILES string of the molecule is CNC(c1cc(C)c(Cl)s1)C1CCCCCCC1. The lowest BCUT2D eigenvalue weighted by atomic mass is 9.85. The number of halogens is 1. The molecule has 1 heterocycles. The third-order valence-electron chi connectivity index (χ3n) is 4.12. The van der Waals surface area contributed by atoms with Crippen LogP contribution in [0.1, 0.15) is 61.4 Å². The van der Waals surface area contributed by atoms with Crippen LogP contribution in [0.5, 0.6) is 0 Å². The van der Waals surface area contributed by atoms with E-state index in [-0.39, 0.29) is 0 Å². The molecule has 0 amide bonds. The maximum Gasteiger partial charge on any atom is 0.0960 e. The summed E-state index contributed by atoms with van der Waals surface area (Å²) in [6.45, 7) is 2.10. The lowest BCUT2D eigenvalue weighted by Crippen LogP contribution is -2.25. The van der Waals surface area contributed by atoms with Crippen LogP contribution < -0.4 is 5.32 Å². The monoisotopic (exact) mass is 285 g/mol. The zero-order valence-corrected chi connectivity index (χ0v) is 13.0. The molecule has 0 spiro atoms. The molecule has 1 nitrogen and oxygen atoms in total. The van der Waals surface area contributed by atoms with Gasteiger partial charge in [-0.15, -0.1) is 11.3 Å². The van der Waals surface area contributed by atoms with Gasteiger partial charge in [0, 0.05) is 10.9 Å². The standard InChI is InChI=1S/C15H24ClNS/c1-11-10-13(18-15(11)16)14(17-2)12-8-6-4-3-5-7-9-12/h10,12,14,17H,3-9H2,1-2H3. The smallest absolute Gasteiger partial charge is 0.0960 e. The molecule has 0 aliphatic heterocycles. The molecule has 2 rings (SSSR count). The van der Waals surface area contributed by atoms with Gasteiger partial charge in [-0.05, 0) is 44.4 Å². The van der Waals surface area contributed by atoms with E-state index in [1.807, 2.05) is 0 Å². The van der Waals surface area contributed by atoms with Gasteiger partial charge in [0.05, 0.1) is 4.34 Å². The molecule has 3 heteroatoms. The predicted molar refractivity (Wildman–Crippen MR) is 81.7 cm³/mol. The molecule has 0 aromatic carbocycles. The van der Waals surface area contributed by atoms with Crippen molar-refractivity contribution < 1.29 is 0 Å². The van der Waals surface area contributed by atoms with Gasteiger partial charge in [-0.3, -0.25) is 0 Å². The molecular weight excluding hydrogens is 262 g/mol. The number of rotatable bonds is 3. The molecule has 1 fully saturated rings. The van der Waals surface area contributed by atoms with Gasteiger partial charge in [-0.2, -0.15) is 0 Å². The van der Waals surface area contributed by atoms with Crippen molar-refractivity contribution in [2.24, 2.45) is 5.92 Å². The van der Waals surface area contributed by atoms with Crippen LogP contribution in [0.4, 0.5) is 0 Å². The van der Waals surface area contributed by atoms with E-state index in [0.29, 0.717) is 6.04 Å². The second-order valence-corrected chi connectivity index (χ2v) is 7.16. The fraction of sp³-hybridized carbons (Fsp3) is 0.733. The number of thiophene rings is 1. The highest BCUT2D eigenvalue weighted by atomic mass is 35.5. The summed E-state index contributed by atoms with van der Waals surface area (Å²) in [6.07, 6.45) is 9.76. The zero-order valence-electron chi connectivity index (χ0n) is 11.5. The van der Waals surface area contributed by atoms with E-state index in [1.165, 1.54) is 55.4 Å². The molecule has 1 aliphatic carbocycles. The molecule has 18 heavy (non-hydrogen) atoms. The minimum Gasteiger partial charge on any atom is -0.312 e. The molecule has 1 unspecified atom stereocenters. The van der Waals surface area contributed by atoms with Gasteiger partial charge in [0.1, 0.15) is 0 Å². The van der Waals surface area contributed by atoms with Crippen molar-refractivity contribution in [2.75, 3.05) is 7.05 Å².